The van der Waals surface area contributed by atoms with Gasteiger partial charge in [-0.15, -0.1) is 0 Å². The Morgan fingerprint density at radius 1 is 1.27 bits per heavy atom. The Morgan fingerprint density at radius 2 is 2.12 bits per heavy atom. The van der Waals surface area contributed by atoms with Crippen LogP contribution in [0.1, 0.15) is 10.4 Å². The number of ether oxygens (including phenoxy) is 1. The van der Waals surface area contributed by atoms with Crippen molar-refractivity contribution in [1.82, 2.24) is 10.1 Å². The molecule has 0 aliphatic carbocycles. The first-order valence-electron chi connectivity index (χ1n) is 7.50. The van der Waals surface area contributed by atoms with Gasteiger partial charge in [-0.3, -0.25) is 0 Å². The first-order valence-corrected chi connectivity index (χ1v) is 7.50. The summed E-state index contributed by atoms with van der Waals surface area (Å²) in [5.74, 6) is -1.14. The molecule has 4 aromatic rings. The Kier molecular flexibility index (Phi) is 3.65. The molecule has 130 valence electrons. The topological polar surface area (TPSA) is 98.6 Å². The summed E-state index contributed by atoms with van der Waals surface area (Å²) in [6.07, 6.45) is 1.44. The summed E-state index contributed by atoms with van der Waals surface area (Å²) >= 11 is 0. The third kappa shape index (κ3) is 2.48. The average molecular weight is 354 g/mol. The largest absolute Gasteiger partial charge is 0.497 e. The van der Waals surface area contributed by atoms with Crippen LogP contribution in [-0.2, 0) is 0 Å². The molecule has 0 bridgehead atoms. The van der Waals surface area contributed by atoms with Gasteiger partial charge in [0.15, 0.2) is 11.5 Å². The maximum Gasteiger partial charge on any atom is 0.336 e. The van der Waals surface area contributed by atoms with Crippen molar-refractivity contribution in [3.8, 4) is 28.5 Å². The van der Waals surface area contributed by atoms with Crippen LogP contribution < -0.4 is 4.74 Å². The molecule has 0 atom stereocenters. The van der Waals surface area contributed by atoms with Gasteiger partial charge in [-0.2, -0.15) is 0 Å². The van der Waals surface area contributed by atoms with Crippen molar-refractivity contribution < 1.29 is 28.0 Å². The van der Waals surface area contributed by atoms with Gasteiger partial charge >= 0.3 is 5.97 Å². The number of carboxylic acids is 1. The molecule has 7 nitrogen and oxygen atoms in total. The minimum Gasteiger partial charge on any atom is -0.497 e. The minimum atomic E-state index is -1.22. The molecule has 26 heavy (non-hydrogen) atoms. The van der Waals surface area contributed by atoms with Crippen LogP contribution in [0.25, 0.3) is 33.8 Å². The lowest BCUT2D eigenvalue weighted by Gasteiger charge is -2.06. The van der Waals surface area contributed by atoms with Gasteiger partial charge in [-0.1, -0.05) is 5.16 Å². The van der Waals surface area contributed by atoms with Gasteiger partial charge < -0.3 is 18.8 Å². The van der Waals surface area contributed by atoms with E-state index in [1.807, 2.05) is 0 Å². The standard InChI is InChI=1S/C18H11FN2O5/c1-24-9-4-5-10(12(19)7-9)13-8-11(18(22)23)15-16(14-3-2-6-25-14)21-26-17(15)20-13/h2-8H,1H3,(H,22,23). The van der Waals surface area contributed by atoms with Crippen LogP contribution in [0.15, 0.2) is 51.6 Å². The maximum absolute atomic E-state index is 14.4. The second-order valence-corrected chi connectivity index (χ2v) is 5.39. The first-order chi connectivity index (χ1) is 12.6. The van der Waals surface area contributed by atoms with Crippen molar-refractivity contribution in [3.63, 3.8) is 0 Å². The molecule has 0 saturated heterocycles. The summed E-state index contributed by atoms with van der Waals surface area (Å²) in [5.41, 5.74) is 0.300. The zero-order valence-corrected chi connectivity index (χ0v) is 13.4. The number of carboxylic acid groups (broad SMARTS) is 1. The Hall–Kier alpha value is -3.68. The van der Waals surface area contributed by atoms with E-state index in [1.54, 1.807) is 18.2 Å². The van der Waals surface area contributed by atoms with E-state index in [-0.39, 0.29) is 33.6 Å². The number of benzene rings is 1. The summed E-state index contributed by atoms with van der Waals surface area (Å²) in [6, 6.07) is 8.75. The highest BCUT2D eigenvalue weighted by molar-refractivity contribution is 6.07. The normalized spacial score (nSPS) is 11.0. The van der Waals surface area contributed by atoms with Crippen LogP contribution >= 0.6 is 0 Å². The lowest BCUT2D eigenvalue weighted by Crippen LogP contribution is -2.00. The minimum absolute atomic E-state index is 0.0264. The van der Waals surface area contributed by atoms with Crippen LogP contribution in [0.4, 0.5) is 4.39 Å². The molecular weight excluding hydrogens is 343 g/mol. The van der Waals surface area contributed by atoms with Gasteiger partial charge in [0, 0.05) is 11.6 Å². The lowest BCUT2D eigenvalue weighted by atomic mass is 10.0. The van der Waals surface area contributed by atoms with Gasteiger partial charge in [0.2, 0.25) is 0 Å². The molecule has 0 saturated carbocycles. The highest BCUT2D eigenvalue weighted by Crippen LogP contribution is 2.34. The van der Waals surface area contributed by atoms with E-state index in [4.69, 9.17) is 13.7 Å². The summed E-state index contributed by atoms with van der Waals surface area (Å²) in [5, 5.41) is 13.6. The van der Waals surface area contributed by atoms with E-state index in [9.17, 15) is 14.3 Å². The number of hydrogen-bond donors (Lipinski definition) is 1. The zero-order valence-electron chi connectivity index (χ0n) is 13.4. The van der Waals surface area contributed by atoms with Gasteiger partial charge in [-0.25, -0.2) is 14.2 Å². The monoisotopic (exact) mass is 354 g/mol. The summed E-state index contributed by atoms with van der Waals surface area (Å²) in [7, 11) is 1.42. The van der Waals surface area contributed by atoms with Gasteiger partial charge in [0.1, 0.15) is 11.6 Å². The van der Waals surface area contributed by atoms with Gasteiger partial charge in [-0.05, 0) is 30.3 Å². The summed E-state index contributed by atoms with van der Waals surface area (Å²) in [4.78, 5) is 16.0. The van der Waals surface area contributed by atoms with Crippen LogP contribution in [-0.4, -0.2) is 28.3 Å². The molecule has 0 amide bonds. The van der Waals surface area contributed by atoms with E-state index < -0.39 is 11.8 Å². The molecule has 0 spiro atoms. The van der Waals surface area contributed by atoms with Crippen LogP contribution in [0, 0.1) is 5.82 Å². The molecule has 0 fully saturated rings. The second kappa shape index (κ2) is 5.99. The molecule has 4 rings (SSSR count). The molecule has 3 heterocycles. The Labute approximate surface area is 145 Å². The van der Waals surface area contributed by atoms with Crippen molar-refractivity contribution >= 4 is 17.1 Å². The Balaban J connectivity index is 1.95. The Morgan fingerprint density at radius 3 is 2.77 bits per heavy atom. The molecule has 1 N–H and O–H groups in total. The number of carbonyl (C=O) groups is 1. The molecule has 0 aliphatic rings. The third-order valence-corrected chi connectivity index (χ3v) is 3.88. The molecule has 0 radical (unpaired) electrons. The summed E-state index contributed by atoms with van der Waals surface area (Å²) in [6.45, 7) is 0. The first kappa shape index (κ1) is 15.8. The molecule has 3 aromatic heterocycles. The third-order valence-electron chi connectivity index (χ3n) is 3.88. The predicted octanol–water partition coefficient (Wildman–Crippen LogP) is 4.00. The van der Waals surface area contributed by atoms with E-state index in [0.29, 0.717) is 11.5 Å². The number of halogens is 1. The smallest absolute Gasteiger partial charge is 0.336 e. The molecule has 0 unspecified atom stereocenters. The molecule has 0 aliphatic heterocycles. The molecule has 1 aromatic carbocycles. The molecule has 8 heteroatoms. The van der Waals surface area contributed by atoms with E-state index in [2.05, 4.69) is 10.1 Å². The van der Waals surface area contributed by atoms with Crippen LogP contribution in [0.3, 0.4) is 0 Å². The van der Waals surface area contributed by atoms with E-state index in [0.717, 1.165) is 0 Å². The number of furan rings is 1. The van der Waals surface area contributed by atoms with Crippen molar-refractivity contribution in [2.75, 3.05) is 7.11 Å². The van der Waals surface area contributed by atoms with Gasteiger partial charge in [0.05, 0.1) is 30.0 Å². The number of hydrogen-bond acceptors (Lipinski definition) is 6. The summed E-state index contributed by atoms with van der Waals surface area (Å²) < 4.78 is 29.8. The fourth-order valence-corrected chi connectivity index (χ4v) is 2.67. The van der Waals surface area contributed by atoms with Gasteiger partial charge in [0.25, 0.3) is 5.71 Å². The quantitative estimate of drug-likeness (QED) is 0.591. The maximum atomic E-state index is 14.4. The van der Waals surface area contributed by atoms with Crippen molar-refractivity contribution in [2.24, 2.45) is 0 Å². The number of nitrogens with zero attached hydrogens (tertiary/aromatic N) is 2. The highest BCUT2D eigenvalue weighted by atomic mass is 19.1. The van der Waals surface area contributed by atoms with Crippen molar-refractivity contribution in [3.05, 3.63) is 54.0 Å². The number of aromatic nitrogens is 2. The lowest BCUT2D eigenvalue weighted by molar-refractivity contribution is 0.0699. The number of methoxy groups -OCH3 is 1. The van der Waals surface area contributed by atoms with Crippen LogP contribution in [0.2, 0.25) is 0 Å². The number of aromatic carboxylic acids is 1. The average Bonchev–Trinajstić information content (AvgIpc) is 3.29. The number of pyridine rings is 1. The number of rotatable bonds is 4. The number of fused-ring (bicyclic) bond motifs is 1. The van der Waals surface area contributed by atoms with Crippen LogP contribution in [0.5, 0.6) is 5.75 Å². The molecular formula is C18H11FN2O5. The highest BCUT2D eigenvalue weighted by Gasteiger charge is 2.23. The second-order valence-electron chi connectivity index (χ2n) is 5.39. The predicted molar refractivity (Wildman–Crippen MR) is 88.4 cm³/mol. The zero-order chi connectivity index (χ0) is 18.3. The van der Waals surface area contributed by atoms with Crippen molar-refractivity contribution in [1.29, 1.82) is 0 Å². The van der Waals surface area contributed by atoms with Crippen molar-refractivity contribution in [2.45, 2.75) is 0 Å². The fraction of sp³-hybridized carbons (Fsp3) is 0.0556. The van der Waals surface area contributed by atoms with E-state index in [1.165, 1.54) is 31.6 Å². The van der Waals surface area contributed by atoms with E-state index >= 15 is 0 Å². The Bertz CT molecular complexity index is 1120. The fourth-order valence-electron chi connectivity index (χ4n) is 2.67. The SMILES string of the molecule is COc1ccc(-c2cc(C(=O)O)c3c(-c4ccco4)noc3n2)c(F)c1.